The third kappa shape index (κ3) is 4.45. The van der Waals surface area contributed by atoms with Gasteiger partial charge in [0.25, 0.3) is 11.9 Å². The maximum atomic E-state index is 15.4. The molecule has 2 atom stereocenters. The minimum Gasteiger partial charge on any atom is -0.423 e. The third-order valence-electron chi connectivity index (χ3n) is 6.55. The molecule has 4 aromatic rings. The highest BCUT2D eigenvalue weighted by Crippen LogP contribution is 2.31. The highest BCUT2D eigenvalue weighted by atomic mass is 19.1. The Morgan fingerprint density at radius 3 is 2.80 bits per heavy atom. The molecule has 2 aromatic carbocycles. The number of likely N-dealkylation sites (tertiary alicyclic amines) is 1. The molecule has 3 heterocycles. The number of oxazole rings is 1. The Morgan fingerprint density at radius 1 is 1.20 bits per heavy atom. The monoisotopic (exact) mass is 477 g/mol. The summed E-state index contributed by atoms with van der Waals surface area (Å²) in [5.41, 5.74) is 1.60. The second-order valence-electron chi connectivity index (χ2n) is 8.89. The van der Waals surface area contributed by atoms with Gasteiger partial charge in [0.1, 0.15) is 17.2 Å². The first-order valence-corrected chi connectivity index (χ1v) is 11.6. The summed E-state index contributed by atoms with van der Waals surface area (Å²) < 4.78 is 34.5. The molecule has 7 nitrogen and oxygen atoms in total. The van der Waals surface area contributed by atoms with E-state index in [0.29, 0.717) is 41.1 Å². The Hall–Kier alpha value is -3.88. The van der Waals surface area contributed by atoms with Gasteiger partial charge in [-0.05, 0) is 55.5 Å². The van der Waals surface area contributed by atoms with Crippen LogP contribution in [0, 0.1) is 24.5 Å². The van der Waals surface area contributed by atoms with Crippen molar-refractivity contribution in [2.75, 3.05) is 18.4 Å². The molecule has 9 heteroatoms. The van der Waals surface area contributed by atoms with Crippen LogP contribution in [0.2, 0.25) is 0 Å². The van der Waals surface area contributed by atoms with Crippen LogP contribution in [0.15, 0.2) is 53.2 Å². The number of rotatable bonds is 5. The number of aryl methyl sites for hydroxylation is 1. The SMILES string of the molecule is Cc1ccc(-c2ncccn2)c(C(=O)N2CCC[C@@H](C)[C@H]2CNc2nc3ccc(F)cc3o2)c1F. The van der Waals surface area contributed by atoms with E-state index < -0.39 is 17.5 Å². The Bertz CT molecular complexity index is 1380. The van der Waals surface area contributed by atoms with E-state index in [1.54, 1.807) is 48.5 Å². The zero-order chi connectivity index (χ0) is 24.5. The average molecular weight is 478 g/mol. The Balaban J connectivity index is 1.45. The number of amides is 1. The molecule has 0 radical (unpaired) electrons. The summed E-state index contributed by atoms with van der Waals surface area (Å²) >= 11 is 0. The minimum atomic E-state index is -0.564. The van der Waals surface area contributed by atoms with Gasteiger partial charge in [-0.3, -0.25) is 4.79 Å². The third-order valence-corrected chi connectivity index (χ3v) is 6.55. The first kappa shape index (κ1) is 22.9. The predicted molar refractivity (Wildman–Crippen MR) is 128 cm³/mol. The number of hydrogen-bond acceptors (Lipinski definition) is 6. The molecule has 1 N–H and O–H groups in total. The lowest BCUT2D eigenvalue weighted by Gasteiger charge is -2.40. The van der Waals surface area contributed by atoms with Crippen molar-refractivity contribution >= 4 is 23.0 Å². The molecule has 5 rings (SSSR count). The molecule has 0 spiro atoms. The van der Waals surface area contributed by atoms with E-state index in [9.17, 15) is 9.18 Å². The molecular weight excluding hydrogens is 452 g/mol. The molecule has 0 bridgehead atoms. The summed E-state index contributed by atoms with van der Waals surface area (Å²) in [6.07, 6.45) is 4.88. The quantitative estimate of drug-likeness (QED) is 0.424. The lowest BCUT2D eigenvalue weighted by molar-refractivity contribution is 0.0535. The van der Waals surface area contributed by atoms with Crippen LogP contribution in [0.3, 0.4) is 0 Å². The highest BCUT2D eigenvalue weighted by Gasteiger charge is 2.35. The summed E-state index contributed by atoms with van der Waals surface area (Å²) in [7, 11) is 0. The molecule has 2 aromatic heterocycles. The Kier molecular flexibility index (Phi) is 6.15. The van der Waals surface area contributed by atoms with Gasteiger partial charge in [-0.1, -0.05) is 13.0 Å². The largest absolute Gasteiger partial charge is 0.423 e. The fourth-order valence-electron chi connectivity index (χ4n) is 4.64. The van der Waals surface area contributed by atoms with Crippen LogP contribution in [0.4, 0.5) is 14.8 Å². The highest BCUT2D eigenvalue weighted by molar-refractivity contribution is 6.01. The van der Waals surface area contributed by atoms with E-state index in [-0.39, 0.29) is 23.5 Å². The number of piperidine rings is 1. The molecule has 1 aliphatic heterocycles. The fourth-order valence-corrected chi connectivity index (χ4v) is 4.64. The van der Waals surface area contributed by atoms with Crippen molar-refractivity contribution in [2.45, 2.75) is 32.7 Å². The number of halogens is 2. The summed E-state index contributed by atoms with van der Waals surface area (Å²) in [6, 6.07) is 9.16. The van der Waals surface area contributed by atoms with Gasteiger partial charge in [-0.25, -0.2) is 18.7 Å². The van der Waals surface area contributed by atoms with Crippen LogP contribution >= 0.6 is 0 Å². The second-order valence-corrected chi connectivity index (χ2v) is 8.89. The molecule has 35 heavy (non-hydrogen) atoms. The van der Waals surface area contributed by atoms with E-state index in [1.165, 1.54) is 12.1 Å². The molecule has 1 aliphatic rings. The van der Waals surface area contributed by atoms with Crippen LogP contribution in [-0.4, -0.2) is 44.9 Å². The first-order valence-electron chi connectivity index (χ1n) is 11.6. The van der Waals surface area contributed by atoms with Crippen molar-refractivity contribution in [3.63, 3.8) is 0 Å². The zero-order valence-corrected chi connectivity index (χ0v) is 19.5. The fraction of sp³-hybridized carbons (Fsp3) is 0.308. The van der Waals surface area contributed by atoms with Crippen molar-refractivity contribution in [3.8, 4) is 11.4 Å². The number of hydrogen-bond donors (Lipinski definition) is 1. The van der Waals surface area contributed by atoms with Gasteiger partial charge >= 0.3 is 0 Å². The van der Waals surface area contributed by atoms with Crippen LogP contribution in [0.25, 0.3) is 22.5 Å². The molecule has 180 valence electrons. The van der Waals surface area contributed by atoms with E-state index in [2.05, 4.69) is 27.2 Å². The molecule has 0 aliphatic carbocycles. The van der Waals surface area contributed by atoms with Gasteiger partial charge in [0, 0.05) is 37.1 Å². The Labute approximate surface area is 201 Å². The van der Waals surface area contributed by atoms with Gasteiger partial charge in [-0.15, -0.1) is 0 Å². The summed E-state index contributed by atoms with van der Waals surface area (Å²) in [5.74, 6) is -0.909. The smallest absolute Gasteiger partial charge is 0.295 e. The molecule has 0 unspecified atom stereocenters. The predicted octanol–water partition coefficient (Wildman–Crippen LogP) is 5.22. The van der Waals surface area contributed by atoms with Gasteiger partial charge in [0.05, 0.1) is 11.6 Å². The number of carbonyl (C=O) groups is 1. The van der Waals surface area contributed by atoms with E-state index >= 15 is 4.39 Å². The van der Waals surface area contributed by atoms with E-state index in [0.717, 1.165) is 12.8 Å². The number of fused-ring (bicyclic) bond motifs is 1. The van der Waals surface area contributed by atoms with Crippen LogP contribution in [0.1, 0.15) is 35.7 Å². The number of anilines is 1. The molecule has 0 saturated carbocycles. The van der Waals surface area contributed by atoms with Crippen molar-refractivity contribution in [3.05, 3.63) is 71.6 Å². The molecule has 1 amide bonds. The standard InChI is InChI=1S/C26H25F2N5O2/c1-15-5-3-12-33(20(15)14-31-26-32-19-9-7-17(27)13-21(19)35-26)25(34)22-18(8-6-16(2)23(22)28)24-29-10-4-11-30-24/h4,6-11,13,15,20H,3,5,12,14H2,1-2H3,(H,31,32)/t15-,20-/m1/s1. The first-order chi connectivity index (χ1) is 16.9. The van der Waals surface area contributed by atoms with Crippen LogP contribution in [-0.2, 0) is 0 Å². The summed E-state index contributed by atoms with van der Waals surface area (Å²) in [5, 5.41) is 3.15. The summed E-state index contributed by atoms with van der Waals surface area (Å²) in [6.45, 7) is 4.56. The molecule has 1 fully saturated rings. The second kappa shape index (κ2) is 9.40. The summed E-state index contributed by atoms with van der Waals surface area (Å²) in [4.78, 5) is 28.4. The van der Waals surface area contributed by atoms with E-state index in [1.807, 2.05) is 0 Å². The number of carbonyl (C=O) groups excluding carboxylic acids is 1. The number of aromatic nitrogens is 3. The van der Waals surface area contributed by atoms with Crippen molar-refractivity contribution in [1.29, 1.82) is 0 Å². The van der Waals surface area contributed by atoms with Gasteiger partial charge in [0.15, 0.2) is 11.4 Å². The Morgan fingerprint density at radius 2 is 2.00 bits per heavy atom. The van der Waals surface area contributed by atoms with E-state index in [4.69, 9.17) is 4.42 Å². The molecule has 1 saturated heterocycles. The minimum absolute atomic E-state index is 0.0207. The number of nitrogens with one attached hydrogen (secondary N) is 1. The maximum absolute atomic E-state index is 15.4. The zero-order valence-electron chi connectivity index (χ0n) is 19.5. The van der Waals surface area contributed by atoms with Crippen molar-refractivity contribution in [2.24, 2.45) is 5.92 Å². The van der Waals surface area contributed by atoms with Crippen molar-refractivity contribution in [1.82, 2.24) is 19.9 Å². The number of nitrogens with zero attached hydrogens (tertiary/aromatic N) is 4. The van der Waals surface area contributed by atoms with Crippen molar-refractivity contribution < 1.29 is 18.0 Å². The lowest BCUT2D eigenvalue weighted by atomic mass is 9.89. The number of benzene rings is 2. The topological polar surface area (TPSA) is 84.2 Å². The lowest BCUT2D eigenvalue weighted by Crippen LogP contribution is -2.51. The molecular formula is C26H25F2N5O2. The normalized spacial score (nSPS) is 18.1. The van der Waals surface area contributed by atoms with Crippen LogP contribution < -0.4 is 5.32 Å². The van der Waals surface area contributed by atoms with Gasteiger partial charge < -0.3 is 14.6 Å². The van der Waals surface area contributed by atoms with Gasteiger partial charge in [-0.2, -0.15) is 4.98 Å². The van der Waals surface area contributed by atoms with Gasteiger partial charge in [0.2, 0.25) is 0 Å². The maximum Gasteiger partial charge on any atom is 0.295 e. The average Bonchev–Trinajstić information content (AvgIpc) is 3.26. The van der Waals surface area contributed by atoms with Crippen LogP contribution in [0.5, 0.6) is 0 Å².